The third-order valence-corrected chi connectivity index (χ3v) is 5.32. The Labute approximate surface area is 192 Å². The van der Waals surface area contributed by atoms with E-state index in [1.807, 2.05) is 6.92 Å². The van der Waals surface area contributed by atoms with Crippen LogP contribution in [-0.2, 0) is 24.9 Å². The van der Waals surface area contributed by atoms with Crippen LogP contribution in [0.5, 0.6) is 5.75 Å². The molecule has 0 N–H and O–H groups in total. The number of unbranched alkanes of at least 4 members (excludes halogenated alkanes) is 2. The average molecular weight is 459 g/mol. The minimum Gasteiger partial charge on any atom is -0.486 e. The molecule has 178 valence electrons. The normalized spacial score (nSPS) is 11.2. The fourth-order valence-electron chi connectivity index (χ4n) is 3.36. The molecule has 3 aromatic rings. The third kappa shape index (κ3) is 6.01. The van der Waals surface area contributed by atoms with Crippen molar-refractivity contribution in [2.75, 3.05) is 13.2 Å². The molecule has 0 aliphatic heterocycles. The topological polar surface area (TPSA) is 75.6 Å². The first-order valence-corrected chi connectivity index (χ1v) is 11.3. The number of halogens is 1. The van der Waals surface area contributed by atoms with E-state index in [2.05, 4.69) is 6.92 Å². The second-order valence-corrected chi connectivity index (χ2v) is 7.90. The Morgan fingerprint density at radius 2 is 1.73 bits per heavy atom. The summed E-state index contributed by atoms with van der Waals surface area (Å²) < 4.78 is 33.2. The van der Waals surface area contributed by atoms with Gasteiger partial charge in [-0.3, -0.25) is 9.59 Å². The molecule has 0 spiro atoms. The second-order valence-electron chi connectivity index (χ2n) is 7.90. The molecule has 2 aromatic heterocycles. The summed E-state index contributed by atoms with van der Waals surface area (Å²) in [6, 6.07) is 9.38. The zero-order valence-electron chi connectivity index (χ0n) is 19.4. The number of ether oxygens (including phenoxy) is 2. The summed E-state index contributed by atoms with van der Waals surface area (Å²) in [5.41, 5.74) is 0.568. The summed E-state index contributed by atoms with van der Waals surface area (Å²) in [5, 5.41) is 0. The number of nitrogens with zero attached hydrogens (tertiary/aromatic N) is 2. The molecule has 7 nitrogen and oxygen atoms in total. The maximum Gasteiger partial charge on any atom is 0.309 e. The Morgan fingerprint density at radius 3 is 2.42 bits per heavy atom. The van der Waals surface area contributed by atoms with Gasteiger partial charge in [-0.15, -0.1) is 0 Å². The molecular weight excluding hydrogens is 427 g/mol. The lowest BCUT2D eigenvalue weighted by Gasteiger charge is -2.12. The lowest BCUT2D eigenvalue weighted by molar-refractivity contribution is 0.0557. The van der Waals surface area contributed by atoms with Crippen molar-refractivity contribution < 1.29 is 23.1 Å². The van der Waals surface area contributed by atoms with Crippen LogP contribution < -0.4 is 10.3 Å². The molecule has 0 fully saturated rings. The zero-order chi connectivity index (χ0) is 23.8. The second kappa shape index (κ2) is 11.7. The summed E-state index contributed by atoms with van der Waals surface area (Å²) in [4.78, 5) is 26.3. The molecule has 0 aliphatic rings. The van der Waals surface area contributed by atoms with Gasteiger partial charge < -0.3 is 13.9 Å². The first-order valence-electron chi connectivity index (χ1n) is 11.3. The van der Waals surface area contributed by atoms with Crippen LogP contribution in [0.2, 0.25) is 0 Å². The van der Waals surface area contributed by atoms with Crippen molar-refractivity contribution in [2.45, 2.75) is 52.7 Å². The van der Waals surface area contributed by atoms with Crippen molar-refractivity contribution in [3.05, 3.63) is 75.3 Å². The molecule has 0 radical (unpaired) electrons. The number of hydrogen-bond donors (Lipinski definition) is 0. The predicted octanol–water partition coefficient (Wildman–Crippen LogP) is 4.69. The van der Waals surface area contributed by atoms with Crippen molar-refractivity contribution in [3.63, 3.8) is 0 Å². The van der Waals surface area contributed by atoms with Gasteiger partial charge in [0.25, 0.3) is 0 Å². The van der Waals surface area contributed by atoms with Crippen molar-refractivity contribution in [1.29, 1.82) is 0 Å². The standard InChI is InChI=1S/C25H31FN2O5/c1-4-6-14-31-17-28-22(24(25(30)27(28)3)32-15-7-5-2)23(29)21-13-12-20(33-21)16-18-8-10-19(26)11-9-18/h8-13H,4-7,14-17H2,1-3H3. The van der Waals surface area contributed by atoms with E-state index >= 15 is 0 Å². The van der Waals surface area contributed by atoms with Crippen LogP contribution in [0.25, 0.3) is 0 Å². The number of aromatic nitrogens is 2. The van der Waals surface area contributed by atoms with E-state index in [4.69, 9.17) is 13.9 Å². The monoisotopic (exact) mass is 458 g/mol. The summed E-state index contributed by atoms with van der Waals surface area (Å²) in [6.07, 6.45) is 3.93. The molecule has 0 atom stereocenters. The number of rotatable bonds is 13. The molecule has 0 aliphatic carbocycles. The van der Waals surface area contributed by atoms with E-state index in [1.54, 1.807) is 31.3 Å². The van der Waals surface area contributed by atoms with Crippen LogP contribution in [0.4, 0.5) is 4.39 Å². The lowest BCUT2D eigenvalue weighted by Crippen LogP contribution is -2.22. The number of hydrogen-bond acceptors (Lipinski definition) is 5. The fraction of sp³-hybridized carbons (Fsp3) is 0.440. The van der Waals surface area contributed by atoms with Crippen LogP contribution in [-0.4, -0.2) is 28.4 Å². The van der Waals surface area contributed by atoms with E-state index in [0.717, 1.165) is 31.2 Å². The van der Waals surface area contributed by atoms with Gasteiger partial charge in [-0.2, -0.15) is 0 Å². The lowest BCUT2D eigenvalue weighted by atomic mass is 10.1. The van der Waals surface area contributed by atoms with Gasteiger partial charge in [0.2, 0.25) is 11.5 Å². The third-order valence-electron chi connectivity index (χ3n) is 5.32. The van der Waals surface area contributed by atoms with Crippen LogP contribution in [0.3, 0.4) is 0 Å². The van der Waals surface area contributed by atoms with E-state index < -0.39 is 11.3 Å². The SMILES string of the molecule is CCCCOCn1c(C(=O)c2ccc(Cc3ccc(F)cc3)o2)c(OCCCC)c(=O)n1C. The molecule has 0 bridgehead atoms. The van der Waals surface area contributed by atoms with E-state index in [-0.39, 0.29) is 29.8 Å². The van der Waals surface area contributed by atoms with Crippen LogP contribution in [0.15, 0.2) is 45.6 Å². The van der Waals surface area contributed by atoms with Gasteiger partial charge in [0.15, 0.2) is 11.5 Å². The Bertz CT molecular complexity index is 1110. The maximum absolute atomic E-state index is 13.4. The predicted molar refractivity (Wildman–Crippen MR) is 122 cm³/mol. The Balaban J connectivity index is 1.89. The summed E-state index contributed by atoms with van der Waals surface area (Å²) in [7, 11) is 1.58. The highest BCUT2D eigenvalue weighted by Gasteiger charge is 2.28. The van der Waals surface area contributed by atoms with Crippen molar-refractivity contribution in [2.24, 2.45) is 7.05 Å². The summed E-state index contributed by atoms with van der Waals surface area (Å²) in [6.45, 7) is 4.98. The largest absolute Gasteiger partial charge is 0.486 e. The first-order chi connectivity index (χ1) is 16.0. The fourth-order valence-corrected chi connectivity index (χ4v) is 3.36. The van der Waals surface area contributed by atoms with Gasteiger partial charge in [-0.1, -0.05) is 38.8 Å². The van der Waals surface area contributed by atoms with E-state index in [1.165, 1.54) is 21.5 Å². The Morgan fingerprint density at radius 1 is 1.03 bits per heavy atom. The summed E-state index contributed by atoms with van der Waals surface area (Å²) >= 11 is 0. The van der Waals surface area contributed by atoms with Crippen LogP contribution in [0.1, 0.15) is 67.1 Å². The molecule has 1 aromatic carbocycles. The maximum atomic E-state index is 13.4. The quantitative estimate of drug-likeness (QED) is 0.274. The Kier molecular flexibility index (Phi) is 8.65. The molecular formula is C25H31FN2O5. The van der Waals surface area contributed by atoms with Gasteiger partial charge in [0, 0.05) is 20.1 Å². The van der Waals surface area contributed by atoms with Gasteiger partial charge >= 0.3 is 5.56 Å². The zero-order valence-corrected chi connectivity index (χ0v) is 19.4. The highest BCUT2D eigenvalue weighted by molar-refractivity contribution is 6.07. The molecule has 0 unspecified atom stereocenters. The molecule has 8 heteroatoms. The van der Waals surface area contributed by atoms with Crippen molar-refractivity contribution in [3.8, 4) is 5.75 Å². The molecule has 0 saturated carbocycles. The molecule has 2 heterocycles. The minimum absolute atomic E-state index is 0.00604. The highest BCUT2D eigenvalue weighted by atomic mass is 19.1. The van der Waals surface area contributed by atoms with Crippen molar-refractivity contribution in [1.82, 2.24) is 9.36 Å². The van der Waals surface area contributed by atoms with Gasteiger partial charge in [0.05, 0.1) is 6.61 Å². The average Bonchev–Trinajstić information content (AvgIpc) is 3.36. The summed E-state index contributed by atoms with van der Waals surface area (Å²) in [5.74, 6) is -0.106. The smallest absolute Gasteiger partial charge is 0.309 e. The molecule has 3 rings (SSSR count). The first kappa shape index (κ1) is 24.5. The van der Waals surface area contributed by atoms with Gasteiger partial charge in [0.1, 0.15) is 18.3 Å². The van der Waals surface area contributed by atoms with E-state index in [9.17, 15) is 14.0 Å². The van der Waals surface area contributed by atoms with Crippen molar-refractivity contribution >= 4 is 5.78 Å². The van der Waals surface area contributed by atoms with E-state index in [0.29, 0.717) is 25.4 Å². The number of benzene rings is 1. The number of carbonyl (C=O) groups is 1. The number of ketones is 1. The molecule has 0 saturated heterocycles. The Hall–Kier alpha value is -3.13. The van der Waals surface area contributed by atoms with Gasteiger partial charge in [-0.25, -0.2) is 13.8 Å². The van der Waals surface area contributed by atoms with Crippen LogP contribution in [0, 0.1) is 5.82 Å². The molecule has 0 amide bonds. The van der Waals surface area contributed by atoms with Gasteiger partial charge in [-0.05, 0) is 42.7 Å². The number of carbonyl (C=O) groups excluding carboxylic acids is 1. The number of furan rings is 1. The molecule has 33 heavy (non-hydrogen) atoms. The highest BCUT2D eigenvalue weighted by Crippen LogP contribution is 2.22. The minimum atomic E-state index is -0.455. The van der Waals surface area contributed by atoms with Crippen LogP contribution >= 0.6 is 0 Å².